The van der Waals surface area contributed by atoms with Gasteiger partial charge in [-0.3, -0.25) is 0 Å². The van der Waals surface area contributed by atoms with Gasteiger partial charge in [0.2, 0.25) is 5.89 Å². The Kier molecular flexibility index (Phi) is 11.5. The summed E-state index contributed by atoms with van der Waals surface area (Å²) in [5.41, 5.74) is 0.533. The van der Waals surface area contributed by atoms with E-state index in [0.717, 1.165) is 11.3 Å². The topological polar surface area (TPSA) is 59.8 Å². The predicted octanol–water partition coefficient (Wildman–Crippen LogP) is 7.71. The van der Waals surface area contributed by atoms with Gasteiger partial charge in [-0.05, 0) is 59.7 Å². The van der Waals surface area contributed by atoms with Crippen LogP contribution in [-0.2, 0) is 23.6 Å². The number of anilines is 1. The highest BCUT2D eigenvalue weighted by molar-refractivity contribution is 5.85. The molecule has 0 saturated carbocycles. The zero-order valence-corrected chi connectivity index (χ0v) is 24.1. The number of fused-ring (bicyclic) bond motifs is 1. The van der Waals surface area contributed by atoms with E-state index >= 15 is 0 Å². The molecular weight excluding hydrogens is 600 g/mol. The summed E-state index contributed by atoms with van der Waals surface area (Å²) in [7, 11) is 3.96. The van der Waals surface area contributed by atoms with E-state index < -0.39 is 23.5 Å². The second-order valence-corrected chi connectivity index (χ2v) is 9.55. The number of alkyl halides is 6. The van der Waals surface area contributed by atoms with Crippen LogP contribution >= 0.6 is 12.4 Å². The smallest absolute Gasteiger partial charge is 0.416 e. The van der Waals surface area contributed by atoms with E-state index in [1.165, 1.54) is 0 Å². The van der Waals surface area contributed by atoms with Gasteiger partial charge in [0.1, 0.15) is 17.9 Å². The molecule has 232 valence electrons. The maximum Gasteiger partial charge on any atom is 0.416 e. The van der Waals surface area contributed by atoms with Crippen LogP contribution in [0.3, 0.4) is 0 Å². The molecule has 1 heterocycles. The summed E-state index contributed by atoms with van der Waals surface area (Å²) in [4.78, 5) is 6.47. The van der Waals surface area contributed by atoms with Gasteiger partial charge in [-0.1, -0.05) is 12.1 Å². The molecule has 0 bridgehead atoms. The number of aromatic nitrogens is 1. The van der Waals surface area contributed by atoms with Gasteiger partial charge in [0, 0.05) is 45.0 Å². The number of nitrogens with zero attached hydrogens (tertiary/aromatic N) is 2. The number of rotatable bonds is 12. The highest BCUT2D eigenvalue weighted by Gasteiger charge is 2.36. The van der Waals surface area contributed by atoms with Crippen LogP contribution in [0, 0.1) is 0 Å². The van der Waals surface area contributed by atoms with Gasteiger partial charge in [0.05, 0.1) is 24.3 Å². The predicted molar refractivity (Wildman–Crippen MR) is 155 cm³/mol. The molecule has 4 aromatic rings. The first-order valence-corrected chi connectivity index (χ1v) is 12.9. The first kappa shape index (κ1) is 33.8. The van der Waals surface area contributed by atoms with E-state index in [1.54, 1.807) is 24.3 Å². The van der Waals surface area contributed by atoms with E-state index in [0.29, 0.717) is 34.9 Å². The van der Waals surface area contributed by atoms with Gasteiger partial charge in [-0.25, -0.2) is 4.98 Å². The van der Waals surface area contributed by atoms with Crippen molar-refractivity contribution in [3.63, 3.8) is 0 Å². The monoisotopic (exact) mass is 629 g/mol. The highest BCUT2D eigenvalue weighted by Crippen LogP contribution is 2.36. The Balaban J connectivity index is 0.00000506. The minimum absolute atomic E-state index is 0. The van der Waals surface area contributed by atoms with Gasteiger partial charge >= 0.3 is 12.4 Å². The second-order valence-electron chi connectivity index (χ2n) is 9.55. The third-order valence-electron chi connectivity index (χ3n) is 6.10. The van der Waals surface area contributed by atoms with Gasteiger partial charge in [0.25, 0.3) is 0 Å². The minimum atomic E-state index is -4.88. The number of ether oxygens (including phenoxy) is 2. The average Bonchev–Trinajstić information content (AvgIpc) is 3.34. The summed E-state index contributed by atoms with van der Waals surface area (Å²) < 4.78 is 94.8. The number of halogens is 7. The molecule has 1 aromatic heterocycles. The number of nitrogens with one attached hydrogen (secondary N) is 1. The molecule has 0 unspecified atom stereocenters. The summed E-state index contributed by atoms with van der Waals surface area (Å²) in [5.74, 6) is 1.01. The largest absolute Gasteiger partial charge is 0.491 e. The van der Waals surface area contributed by atoms with Crippen molar-refractivity contribution in [1.82, 2.24) is 10.3 Å². The van der Waals surface area contributed by atoms with Crippen molar-refractivity contribution in [2.75, 3.05) is 45.4 Å². The van der Waals surface area contributed by atoms with Crippen molar-refractivity contribution in [3.05, 3.63) is 88.8 Å². The molecule has 0 saturated heterocycles. The van der Waals surface area contributed by atoms with Crippen LogP contribution < -0.4 is 15.0 Å². The zero-order valence-electron chi connectivity index (χ0n) is 23.3. The first-order valence-electron chi connectivity index (χ1n) is 12.9. The van der Waals surface area contributed by atoms with E-state index in [-0.39, 0.29) is 56.9 Å². The Morgan fingerprint density at radius 3 is 2.14 bits per heavy atom. The van der Waals surface area contributed by atoms with Crippen molar-refractivity contribution in [2.45, 2.75) is 18.9 Å². The number of oxazole rings is 1. The molecule has 0 aliphatic rings. The van der Waals surface area contributed by atoms with Gasteiger partial charge < -0.3 is 24.1 Å². The summed E-state index contributed by atoms with van der Waals surface area (Å²) in [6.45, 7) is 0.668. The van der Waals surface area contributed by atoms with Gasteiger partial charge in [-0.2, -0.15) is 26.3 Å². The molecule has 0 aliphatic heterocycles. The summed E-state index contributed by atoms with van der Waals surface area (Å²) >= 11 is 0. The van der Waals surface area contributed by atoms with Crippen molar-refractivity contribution in [2.24, 2.45) is 0 Å². The Bertz CT molecular complexity index is 1470. The van der Waals surface area contributed by atoms with Crippen molar-refractivity contribution in [3.8, 4) is 5.75 Å². The number of hydrogen-bond donors (Lipinski definition) is 1. The third kappa shape index (κ3) is 9.91. The van der Waals surface area contributed by atoms with E-state index in [1.807, 2.05) is 49.3 Å². The lowest BCUT2D eigenvalue weighted by molar-refractivity contribution is -0.143. The Morgan fingerprint density at radius 2 is 1.51 bits per heavy atom. The quantitative estimate of drug-likeness (QED) is 0.128. The molecule has 0 radical (unpaired) electrons. The van der Waals surface area contributed by atoms with Crippen molar-refractivity contribution < 1.29 is 40.2 Å². The van der Waals surface area contributed by atoms with Gasteiger partial charge in [0.15, 0.2) is 5.58 Å². The molecule has 1 N–H and O–H groups in total. The van der Waals surface area contributed by atoms with E-state index in [2.05, 4.69) is 10.3 Å². The van der Waals surface area contributed by atoms with Crippen LogP contribution in [0.4, 0.5) is 32.0 Å². The zero-order chi connectivity index (χ0) is 30.3. The standard InChI is InChI=1S/C30H29F6N3O3.ClH/c1-39(2)24-6-3-20(4-7-24)5-10-28-38-26-9-8-25(18-27(26)42-28)41-14-13-40-12-11-37-19-21-15-22(29(31,32)33)17-23(16-21)30(34,35)36;/h3-10,15-18,37H,11-14,19H2,1-2H3;1H/b10-5+;. The van der Waals surface area contributed by atoms with Crippen LogP contribution in [0.2, 0.25) is 0 Å². The molecule has 0 amide bonds. The van der Waals surface area contributed by atoms with Crippen molar-refractivity contribution in [1.29, 1.82) is 0 Å². The van der Waals surface area contributed by atoms with E-state index in [4.69, 9.17) is 13.9 Å². The summed E-state index contributed by atoms with van der Waals surface area (Å²) in [6, 6.07) is 14.8. The Morgan fingerprint density at radius 1 is 0.837 bits per heavy atom. The van der Waals surface area contributed by atoms with Crippen molar-refractivity contribution >= 4 is 41.3 Å². The number of hydrogen-bond acceptors (Lipinski definition) is 6. The summed E-state index contributed by atoms with van der Waals surface area (Å²) in [5, 5.41) is 2.79. The second kappa shape index (κ2) is 14.6. The fraction of sp³-hybridized carbons (Fsp3) is 0.300. The average molecular weight is 630 g/mol. The Labute approximate surface area is 250 Å². The maximum atomic E-state index is 13.0. The molecule has 13 heteroatoms. The lowest BCUT2D eigenvalue weighted by Crippen LogP contribution is -2.21. The van der Waals surface area contributed by atoms with Crippen LogP contribution in [0.1, 0.15) is 28.1 Å². The van der Waals surface area contributed by atoms with Crippen LogP contribution in [0.25, 0.3) is 23.3 Å². The normalized spacial score (nSPS) is 12.1. The molecule has 0 aliphatic carbocycles. The molecule has 0 fully saturated rings. The van der Waals surface area contributed by atoms with E-state index in [9.17, 15) is 26.3 Å². The third-order valence-corrected chi connectivity index (χ3v) is 6.10. The molecule has 3 aromatic carbocycles. The first-order chi connectivity index (χ1) is 19.9. The molecule has 4 rings (SSSR count). The maximum absolute atomic E-state index is 13.0. The lowest BCUT2D eigenvalue weighted by atomic mass is 10.0. The molecule has 0 atom stereocenters. The summed E-state index contributed by atoms with van der Waals surface area (Å²) in [6.07, 6.45) is -6.06. The molecular formula is C30H30ClF6N3O3. The van der Waals surface area contributed by atoms with Crippen LogP contribution in [0.15, 0.2) is 65.1 Å². The molecule has 43 heavy (non-hydrogen) atoms. The van der Waals surface area contributed by atoms with Crippen LogP contribution in [-0.4, -0.2) is 45.4 Å². The highest BCUT2D eigenvalue weighted by atomic mass is 35.5. The molecule has 6 nitrogen and oxygen atoms in total. The fourth-order valence-electron chi connectivity index (χ4n) is 3.95. The van der Waals surface area contributed by atoms with Crippen LogP contribution in [0.5, 0.6) is 5.75 Å². The Hall–Kier alpha value is -3.74. The fourth-order valence-corrected chi connectivity index (χ4v) is 3.95. The number of benzene rings is 3. The lowest BCUT2D eigenvalue weighted by Gasteiger charge is -2.14. The SMILES string of the molecule is CN(C)c1ccc(/C=C/c2nc3ccc(OCCOCCNCc4cc(C(F)(F)F)cc(C(F)(F)F)c4)cc3o2)cc1.Cl. The molecule has 0 spiro atoms. The van der Waals surface area contributed by atoms with Gasteiger partial charge in [-0.15, -0.1) is 12.4 Å². The minimum Gasteiger partial charge on any atom is -0.491 e.